The Hall–Kier alpha value is -2.48. The van der Waals surface area contributed by atoms with E-state index in [4.69, 9.17) is 4.18 Å². The average molecular weight is 311 g/mol. The highest BCUT2D eigenvalue weighted by Gasteiger charge is 2.20. The Morgan fingerprint density at radius 2 is 1.76 bits per heavy atom. The van der Waals surface area contributed by atoms with E-state index in [2.05, 4.69) is 0 Å². The second-order valence-corrected chi connectivity index (χ2v) is 5.71. The molecule has 0 amide bonds. The van der Waals surface area contributed by atoms with Crippen LogP contribution in [0.25, 0.3) is 0 Å². The fraction of sp³-hybridized carbons (Fsp3) is 0.0769. The lowest BCUT2D eigenvalue weighted by atomic mass is 10.2. The predicted molar refractivity (Wildman–Crippen MR) is 72.0 cm³/mol. The zero-order valence-electron chi connectivity index (χ0n) is 10.8. The van der Waals surface area contributed by atoms with Gasteiger partial charge in [-0.3, -0.25) is 10.1 Å². The molecule has 0 aromatic heterocycles. The van der Waals surface area contributed by atoms with Gasteiger partial charge in [-0.25, -0.2) is 4.39 Å². The monoisotopic (exact) mass is 311 g/mol. The first-order valence-electron chi connectivity index (χ1n) is 5.75. The molecule has 0 unspecified atom stereocenters. The van der Waals surface area contributed by atoms with Gasteiger partial charge in [-0.05, 0) is 36.8 Å². The minimum absolute atomic E-state index is 0.0933. The molecule has 0 N–H and O–H groups in total. The highest BCUT2D eigenvalue weighted by molar-refractivity contribution is 7.87. The van der Waals surface area contributed by atoms with Crippen molar-refractivity contribution >= 4 is 15.8 Å². The Morgan fingerprint density at radius 1 is 1.14 bits per heavy atom. The quantitative estimate of drug-likeness (QED) is 0.492. The third kappa shape index (κ3) is 3.34. The van der Waals surface area contributed by atoms with Crippen molar-refractivity contribution in [1.82, 2.24) is 0 Å². The first kappa shape index (κ1) is 14.9. The van der Waals surface area contributed by atoms with Crippen LogP contribution < -0.4 is 4.18 Å². The van der Waals surface area contributed by atoms with Crippen LogP contribution in [0.4, 0.5) is 10.1 Å². The third-order valence-electron chi connectivity index (χ3n) is 2.67. The van der Waals surface area contributed by atoms with E-state index < -0.39 is 20.9 Å². The van der Waals surface area contributed by atoms with Crippen LogP contribution in [-0.2, 0) is 10.1 Å². The topological polar surface area (TPSA) is 86.5 Å². The Kier molecular flexibility index (Phi) is 3.90. The highest BCUT2D eigenvalue weighted by Crippen LogP contribution is 2.23. The van der Waals surface area contributed by atoms with E-state index in [0.29, 0.717) is 5.56 Å². The first-order chi connectivity index (χ1) is 9.79. The second kappa shape index (κ2) is 5.49. The van der Waals surface area contributed by atoms with Crippen LogP contribution in [0.2, 0.25) is 0 Å². The summed E-state index contributed by atoms with van der Waals surface area (Å²) in [7, 11) is -4.21. The van der Waals surface area contributed by atoms with Gasteiger partial charge in [-0.2, -0.15) is 8.42 Å². The van der Waals surface area contributed by atoms with Gasteiger partial charge in [0.1, 0.15) is 16.5 Å². The van der Waals surface area contributed by atoms with Crippen molar-refractivity contribution in [3.8, 4) is 5.75 Å². The maximum absolute atomic E-state index is 13.2. The largest absolute Gasteiger partial charge is 0.379 e. The Bertz CT molecular complexity index is 787. The molecule has 2 rings (SSSR count). The predicted octanol–water partition coefficient (Wildman–Crippen LogP) is 2.81. The number of hydrogen-bond donors (Lipinski definition) is 0. The van der Waals surface area contributed by atoms with Crippen LogP contribution in [0.3, 0.4) is 0 Å². The molecular weight excluding hydrogens is 301 g/mol. The normalized spacial score (nSPS) is 11.1. The van der Waals surface area contributed by atoms with Crippen LogP contribution in [0.1, 0.15) is 5.56 Å². The molecule has 2 aromatic carbocycles. The molecule has 0 heterocycles. The van der Waals surface area contributed by atoms with Crippen molar-refractivity contribution in [1.29, 1.82) is 0 Å². The van der Waals surface area contributed by atoms with Crippen LogP contribution in [0, 0.1) is 22.9 Å². The zero-order chi connectivity index (χ0) is 15.6. The standard InChI is InChI=1S/C13H10FNO5S/c1-9-2-3-10(14)8-13(9)21(18,19)20-12-6-4-11(5-7-12)15(16)17/h2-8H,1H3. The summed E-state index contributed by atoms with van der Waals surface area (Å²) in [4.78, 5) is 9.60. The lowest BCUT2D eigenvalue weighted by Crippen LogP contribution is -2.11. The molecule has 0 saturated carbocycles. The molecule has 0 radical (unpaired) electrons. The van der Waals surface area contributed by atoms with Gasteiger partial charge in [0.2, 0.25) is 0 Å². The Labute approximate surface area is 120 Å². The molecular formula is C13H10FNO5S. The van der Waals surface area contributed by atoms with Crippen LogP contribution in [0.5, 0.6) is 5.75 Å². The molecule has 0 saturated heterocycles. The Morgan fingerprint density at radius 3 is 2.33 bits per heavy atom. The van der Waals surface area contributed by atoms with E-state index in [1.165, 1.54) is 13.0 Å². The van der Waals surface area contributed by atoms with Gasteiger partial charge >= 0.3 is 10.1 Å². The van der Waals surface area contributed by atoms with Gasteiger partial charge in [0, 0.05) is 12.1 Å². The van der Waals surface area contributed by atoms with Gasteiger partial charge in [-0.1, -0.05) is 6.07 Å². The lowest BCUT2D eigenvalue weighted by molar-refractivity contribution is -0.384. The lowest BCUT2D eigenvalue weighted by Gasteiger charge is -2.09. The van der Waals surface area contributed by atoms with Gasteiger partial charge in [0.05, 0.1) is 4.92 Å². The van der Waals surface area contributed by atoms with Gasteiger partial charge in [-0.15, -0.1) is 0 Å². The third-order valence-corrected chi connectivity index (χ3v) is 4.06. The molecule has 0 aliphatic rings. The number of nitrogens with zero attached hydrogens (tertiary/aromatic N) is 1. The molecule has 2 aromatic rings. The molecule has 0 fully saturated rings. The van der Waals surface area contributed by atoms with Gasteiger partial charge in [0.25, 0.3) is 5.69 Å². The molecule has 0 aliphatic heterocycles. The minimum Gasteiger partial charge on any atom is -0.379 e. The summed E-state index contributed by atoms with van der Waals surface area (Å²) >= 11 is 0. The number of benzene rings is 2. The fourth-order valence-electron chi connectivity index (χ4n) is 1.64. The highest BCUT2D eigenvalue weighted by atomic mass is 32.2. The van der Waals surface area contributed by atoms with E-state index >= 15 is 0 Å². The van der Waals surface area contributed by atoms with Gasteiger partial charge in [0.15, 0.2) is 0 Å². The smallest absolute Gasteiger partial charge is 0.339 e. The summed E-state index contributed by atoms with van der Waals surface area (Å²) < 4.78 is 42.1. The van der Waals surface area contributed by atoms with Crippen molar-refractivity contribution in [2.45, 2.75) is 11.8 Å². The first-order valence-corrected chi connectivity index (χ1v) is 7.15. The number of hydrogen-bond acceptors (Lipinski definition) is 5. The number of nitro benzene ring substituents is 1. The van der Waals surface area contributed by atoms with Crippen molar-refractivity contribution in [2.24, 2.45) is 0 Å². The number of nitro groups is 1. The maximum atomic E-state index is 13.2. The number of rotatable bonds is 4. The molecule has 6 nitrogen and oxygen atoms in total. The summed E-state index contributed by atoms with van der Waals surface area (Å²) in [6.07, 6.45) is 0. The van der Waals surface area contributed by atoms with E-state index in [9.17, 15) is 22.9 Å². The summed E-state index contributed by atoms with van der Waals surface area (Å²) in [6.45, 7) is 1.51. The Balaban J connectivity index is 2.33. The van der Waals surface area contributed by atoms with E-state index in [1.807, 2.05) is 0 Å². The van der Waals surface area contributed by atoms with E-state index in [0.717, 1.165) is 36.4 Å². The molecule has 0 spiro atoms. The molecule has 0 aliphatic carbocycles. The molecule has 0 atom stereocenters. The summed E-state index contributed by atoms with van der Waals surface area (Å²) in [6, 6.07) is 7.86. The summed E-state index contributed by atoms with van der Waals surface area (Å²) in [5.74, 6) is -0.796. The number of non-ortho nitro benzene ring substituents is 1. The fourth-order valence-corrected chi connectivity index (χ4v) is 2.81. The van der Waals surface area contributed by atoms with E-state index in [-0.39, 0.29) is 16.3 Å². The number of halogens is 1. The van der Waals surface area contributed by atoms with Crippen molar-refractivity contribution in [3.63, 3.8) is 0 Å². The number of aryl methyl sites for hydroxylation is 1. The van der Waals surface area contributed by atoms with Crippen LogP contribution in [-0.4, -0.2) is 13.3 Å². The van der Waals surface area contributed by atoms with Crippen LogP contribution in [0.15, 0.2) is 47.4 Å². The van der Waals surface area contributed by atoms with Gasteiger partial charge < -0.3 is 4.18 Å². The molecule has 0 bridgehead atoms. The summed E-state index contributed by atoms with van der Waals surface area (Å²) in [5, 5.41) is 10.5. The average Bonchev–Trinajstić information content (AvgIpc) is 2.41. The molecule has 110 valence electrons. The molecule has 21 heavy (non-hydrogen) atoms. The van der Waals surface area contributed by atoms with Crippen molar-refractivity contribution in [2.75, 3.05) is 0 Å². The zero-order valence-corrected chi connectivity index (χ0v) is 11.6. The maximum Gasteiger partial charge on any atom is 0.339 e. The summed E-state index contributed by atoms with van der Waals surface area (Å²) in [5.41, 5.74) is 0.139. The van der Waals surface area contributed by atoms with Crippen LogP contribution >= 0.6 is 0 Å². The SMILES string of the molecule is Cc1ccc(F)cc1S(=O)(=O)Oc1ccc([N+](=O)[O-])cc1. The minimum atomic E-state index is -4.21. The van der Waals surface area contributed by atoms with Crippen molar-refractivity contribution in [3.05, 3.63) is 64.0 Å². The molecule has 8 heteroatoms. The van der Waals surface area contributed by atoms with E-state index in [1.54, 1.807) is 0 Å². The second-order valence-electron chi connectivity index (χ2n) is 4.20. The van der Waals surface area contributed by atoms with Crippen molar-refractivity contribution < 1.29 is 21.9 Å².